The number of hydrogen-bond donors (Lipinski definition) is 2. The van der Waals surface area contributed by atoms with Crippen molar-refractivity contribution in [2.45, 2.75) is 12.6 Å². The lowest BCUT2D eigenvalue weighted by molar-refractivity contribution is 0.0903. The van der Waals surface area contributed by atoms with Crippen LogP contribution in [-0.2, 0) is 6.54 Å². The lowest BCUT2D eigenvalue weighted by Crippen LogP contribution is -2.39. The van der Waals surface area contributed by atoms with E-state index in [-0.39, 0.29) is 18.9 Å². The molecule has 3 aromatic rings. The molecule has 1 atom stereocenters. The highest BCUT2D eigenvalue weighted by atomic mass is 19.2. The molecule has 25 heavy (non-hydrogen) atoms. The molecule has 0 aliphatic heterocycles. The molecule has 8 heteroatoms. The zero-order chi connectivity index (χ0) is 18.0. The number of aromatic nitrogens is 2. The van der Waals surface area contributed by atoms with E-state index in [4.69, 9.17) is 4.74 Å². The Morgan fingerprint density at radius 1 is 1.12 bits per heavy atom. The van der Waals surface area contributed by atoms with Crippen molar-refractivity contribution in [1.82, 2.24) is 9.55 Å². The Labute approximate surface area is 139 Å². The second kappa shape index (κ2) is 6.86. The lowest BCUT2D eigenvalue weighted by Gasteiger charge is -2.14. The van der Waals surface area contributed by atoms with E-state index in [9.17, 15) is 23.5 Å². The summed E-state index contributed by atoms with van der Waals surface area (Å²) in [6.07, 6.45) is -1.20. The summed E-state index contributed by atoms with van der Waals surface area (Å²) in [5, 5.41) is 10.3. The van der Waals surface area contributed by atoms with Gasteiger partial charge in [0.25, 0.3) is 5.56 Å². The average Bonchev–Trinajstić information content (AvgIpc) is 2.59. The molecule has 0 saturated heterocycles. The zero-order valence-corrected chi connectivity index (χ0v) is 12.9. The number of aliphatic hydroxyl groups is 1. The maximum absolute atomic E-state index is 13.1. The van der Waals surface area contributed by atoms with Gasteiger partial charge < -0.3 is 14.8 Å². The van der Waals surface area contributed by atoms with Crippen LogP contribution in [-0.4, -0.2) is 27.4 Å². The molecule has 1 heterocycles. The van der Waals surface area contributed by atoms with Crippen LogP contribution in [0.3, 0.4) is 0 Å². The van der Waals surface area contributed by atoms with E-state index in [2.05, 4.69) is 4.98 Å². The number of hydrogen-bond acceptors (Lipinski definition) is 4. The molecular formula is C17H14F2N2O4. The van der Waals surface area contributed by atoms with Gasteiger partial charge in [-0.25, -0.2) is 13.6 Å². The number of para-hydroxylation sites is 1. The topological polar surface area (TPSA) is 84.3 Å². The standard InChI is InChI=1S/C17H14F2N2O4/c18-13-6-5-11(7-14(13)19)25-9-10(22)8-21-16(23)12-3-1-2-4-15(12)20-17(21)24/h1-7,10,22H,8-9H2,(H,20,24). The Bertz CT molecular complexity index is 1030. The Hall–Kier alpha value is -3.00. The van der Waals surface area contributed by atoms with Crippen molar-refractivity contribution in [1.29, 1.82) is 0 Å². The smallest absolute Gasteiger partial charge is 0.328 e. The van der Waals surface area contributed by atoms with Gasteiger partial charge in [0.05, 0.1) is 17.4 Å². The predicted octanol–water partition coefficient (Wildman–Crippen LogP) is 1.41. The Morgan fingerprint density at radius 2 is 1.88 bits per heavy atom. The second-order valence-electron chi connectivity index (χ2n) is 5.43. The van der Waals surface area contributed by atoms with Gasteiger partial charge in [-0.15, -0.1) is 0 Å². The van der Waals surface area contributed by atoms with E-state index in [1.165, 1.54) is 6.07 Å². The molecule has 0 bridgehead atoms. The number of aliphatic hydroxyl groups excluding tert-OH is 1. The average molecular weight is 348 g/mol. The van der Waals surface area contributed by atoms with Gasteiger partial charge in [0, 0.05) is 6.07 Å². The summed E-state index contributed by atoms with van der Waals surface area (Å²) < 4.78 is 32.0. The minimum absolute atomic E-state index is 0.0257. The van der Waals surface area contributed by atoms with Gasteiger partial charge in [0.2, 0.25) is 0 Å². The molecule has 0 radical (unpaired) electrons. The number of nitrogens with zero attached hydrogens (tertiary/aromatic N) is 1. The van der Waals surface area contributed by atoms with Gasteiger partial charge in [0.1, 0.15) is 18.5 Å². The highest BCUT2D eigenvalue weighted by Gasteiger charge is 2.13. The monoisotopic (exact) mass is 348 g/mol. The number of halogens is 2. The van der Waals surface area contributed by atoms with Crippen molar-refractivity contribution >= 4 is 10.9 Å². The number of rotatable bonds is 5. The zero-order valence-electron chi connectivity index (χ0n) is 12.9. The predicted molar refractivity (Wildman–Crippen MR) is 86.7 cm³/mol. The molecule has 1 aromatic heterocycles. The molecule has 2 aromatic carbocycles. The van der Waals surface area contributed by atoms with Gasteiger partial charge in [0.15, 0.2) is 11.6 Å². The summed E-state index contributed by atoms with van der Waals surface area (Å²) in [5.74, 6) is -2.06. The third-order valence-electron chi connectivity index (χ3n) is 3.62. The number of aromatic amines is 1. The fraction of sp³-hybridized carbons (Fsp3) is 0.176. The first-order valence-corrected chi connectivity index (χ1v) is 7.43. The third kappa shape index (κ3) is 3.58. The van der Waals surface area contributed by atoms with Crippen LogP contribution >= 0.6 is 0 Å². The molecule has 0 amide bonds. The second-order valence-corrected chi connectivity index (χ2v) is 5.43. The van der Waals surface area contributed by atoms with Crippen LogP contribution in [0.25, 0.3) is 10.9 Å². The van der Waals surface area contributed by atoms with Crippen LogP contribution in [0.2, 0.25) is 0 Å². The number of nitrogens with one attached hydrogen (secondary N) is 1. The number of benzene rings is 2. The van der Waals surface area contributed by atoms with Gasteiger partial charge in [-0.05, 0) is 24.3 Å². The van der Waals surface area contributed by atoms with Crippen LogP contribution in [0.4, 0.5) is 8.78 Å². The van der Waals surface area contributed by atoms with Crippen LogP contribution < -0.4 is 16.0 Å². The van der Waals surface area contributed by atoms with E-state index in [0.29, 0.717) is 10.9 Å². The molecule has 0 saturated carbocycles. The van der Waals surface area contributed by atoms with Crippen molar-refractivity contribution in [3.8, 4) is 5.75 Å². The van der Waals surface area contributed by atoms with Crippen molar-refractivity contribution in [3.63, 3.8) is 0 Å². The molecule has 0 spiro atoms. The van der Waals surface area contributed by atoms with Gasteiger partial charge in [-0.2, -0.15) is 0 Å². The van der Waals surface area contributed by atoms with Crippen molar-refractivity contribution in [3.05, 3.63) is 74.9 Å². The van der Waals surface area contributed by atoms with Gasteiger partial charge in [-0.3, -0.25) is 9.36 Å². The van der Waals surface area contributed by atoms with E-state index >= 15 is 0 Å². The fourth-order valence-corrected chi connectivity index (χ4v) is 2.39. The number of fused-ring (bicyclic) bond motifs is 1. The van der Waals surface area contributed by atoms with Crippen LogP contribution in [0.15, 0.2) is 52.1 Å². The maximum Gasteiger partial charge on any atom is 0.328 e. The molecule has 2 N–H and O–H groups in total. The first-order chi connectivity index (χ1) is 12.0. The quantitative estimate of drug-likeness (QED) is 0.730. The number of ether oxygens (including phenoxy) is 1. The van der Waals surface area contributed by atoms with E-state index < -0.39 is 29.0 Å². The van der Waals surface area contributed by atoms with E-state index in [0.717, 1.165) is 16.7 Å². The Morgan fingerprint density at radius 3 is 2.64 bits per heavy atom. The van der Waals surface area contributed by atoms with Gasteiger partial charge >= 0.3 is 5.69 Å². The van der Waals surface area contributed by atoms with Crippen LogP contribution in [0, 0.1) is 11.6 Å². The normalized spacial score (nSPS) is 12.3. The summed E-state index contributed by atoms with van der Waals surface area (Å²) in [5.41, 5.74) is -0.789. The SMILES string of the molecule is O=c1[nH]c2ccccc2c(=O)n1CC(O)COc1ccc(F)c(F)c1. The first kappa shape index (κ1) is 16.8. The number of H-pyrrole nitrogens is 1. The maximum atomic E-state index is 13.1. The summed E-state index contributed by atoms with van der Waals surface area (Å²) in [6.45, 7) is -0.605. The highest BCUT2D eigenvalue weighted by molar-refractivity contribution is 5.76. The summed E-state index contributed by atoms with van der Waals surface area (Å²) in [7, 11) is 0. The summed E-state index contributed by atoms with van der Waals surface area (Å²) >= 11 is 0. The van der Waals surface area contributed by atoms with Crippen LogP contribution in [0.1, 0.15) is 0 Å². The van der Waals surface area contributed by atoms with Crippen molar-refractivity contribution in [2.75, 3.05) is 6.61 Å². The minimum atomic E-state index is -1.20. The summed E-state index contributed by atoms with van der Waals surface area (Å²) in [6, 6.07) is 9.47. The fourth-order valence-electron chi connectivity index (χ4n) is 2.39. The molecule has 0 aliphatic rings. The Balaban J connectivity index is 1.75. The summed E-state index contributed by atoms with van der Waals surface area (Å²) in [4.78, 5) is 26.9. The van der Waals surface area contributed by atoms with E-state index in [1.807, 2.05) is 0 Å². The molecule has 0 fully saturated rings. The first-order valence-electron chi connectivity index (χ1n) is 7.43. The third-order valence-corrected chi connectivity index (χ3v) is 3.62. The largest absolute Gasteiger partial charge is 0.491 e. The van der Waals surface area contributed by atoms with Crippen LogP contribution in [0.5, 0.6) is 5.75 Å². The molecular weight excluding hydrogens is 334 g/mol. The molecule has 130 valence electrons. The molecule has 0 aliphatic carbocycles. The molecule has 3 rings (SSSR count). The highest BCUT2D eigenvalue weighted by Crippen LogP contribution is 2.15. The molecule has 1 unspecified atom stereocenters. The minimum Gasteiger partial charge on any atom is -0.491 e. The van der Waals surface area contributed by atoms with E-state index in [1.54, 1.807) is 24.3 Å². The lowest BCUT2D eigenvalue weighted by atomic mass is 10.2. The van der Waals surface area contributed by atoms with Gasteiger partial charge in [-0.1, -0.05) is 12.1 Å². The molecule has 6 nitrogen and oxygen atoms in total. The van der Waals surface area contributed by atoms with Crippen molar-refractivity contribution < 1.29 is 18.6 Å². The Kier molecular flexibility index (Phi) is 4.62. The van der Waals surface area contributed by atoms with Crippen molar-refractivity contribution in [2.24, 2.45) is 0 Å².